The molecule has 0 fully saturated rings. The van der Waals surface area contributed by atoms with E-state index < -0.39 is 10.4 Å². The van der Waals surface area contributed by atoms with Crippen molar-refractivity contribution < 1.29 is 83.2 Å². The summed E-state index contributed by atoms with van der Waals surface area (Å²) in [5.74, 6) is 0. The third kappa shape index (κ3) is 2080. The van der Waals surface area contributed by atoms with Crippen molar-refractivity contribution in [1.82, 2.24) is 0 Å². The van der Waals surface area contributed by atoms with Gasteiger partial charge in [0.15, 0.2) is 17.4 Å². The monoisotopic (exact) mass is 430 g/mol. The molecule has 0 saturated carbocycles. The van der Waals surface area contributed by atoms with Crippen LogP contribution in [0.4, 0.5) is 0 Å². The molecule has 0 rings (SSSR count). The number of hydrogen-bond acceptors (Lipinski definition) is 2. The van der Waals surface area contributed by atoms with Crippen molar-refractivity contribution in [3.63, 3.8) is 0 Å². The molecule has 0 atom stereocenters. The van der Waals surface area contributed by atoms with Crippen molar-refractivity contribution in [3.05, 3.63) is 0 Å². The molecule has 0 aromatic rings. The molecule has 26 N–H and O–H groups in total. The first-order valence-electron chi connectivity index (χ1n) is 0.698. The molecule has 0 aliphatic rings. The van der Waals surface area contributed by atoms with Crippen LogP contribution in [0.1, 0.15) is 0 Å². The summed E-state index contributed by atoms with van der Waals surface area (Å²) in [4.78, 5) is 0. The number of hydrogen-bond donors (Lipinski definition) is 2. The zero-order chi connectivity index (χ0) is 4.50. The number of rotatable bonds is 0. The second kappa shape index (κ2) is 116. The van der Waals surface area contributed by atoms with Gasteiger partial charge in [-0.2, -0.15) is 8.42 Å². The summed E-state index contributed by atoms with van der Waals surface area (Å²) < 4.78 is 31.6. The Morgan fingerprint density at radius 2 is 0.474 bits per heavy atom. The second-order valence-electron chi connectivity index (χ2n) is 0.448. The van der Waals surface area contributed by atoms with Gasteiger partial charge in [-0.3, -0.25) is 9.11 Å². The molecule has 0 spiro atoms. The summed E-state index contributed by atoms with van der Waals surface area (Å²) in [6.07, 6.45) is 0. The van der Waals surface area contributed by atoms with Gasteiger partial charge in [0.05, 0.1) is 0 Å². The molecule has 19 heavy (non-hydrogen) atoms. The van der Waals surface area contributed by atoms with Crippen LogP contribution in [0.15, 0.2) is 0 Å². The Hall–Kier alpha value is 1.73. The molecule has 0 aliphatic heterocycles. The molecule has 0 bridgehead atoms. The van der Waals surface area contributed by atoms with E-state index in [-0.39, 0.29) is 141 Å². The molecule has 0 aliphatic carbocycles. The van der Waals surface area contributed by atoms with Crippen molar-refractivity contribution in [3.8, 4) is 0 Å². The first-order chi connectivity index (χ1) is 2.00. The molecule has 19 heteroatoms. The average molecular weight is 431 g/mol. The van der Waals surface area contributed by atoms with Crippen molar-refractivity contribution in [1.29, 1.82) is 0 Å². The van der Waals surface area contributed by atoms with E-state index in [0.717, 1.165) is 0 Å². The molecule has 0 amide bonds. The Kier molecular flexibility index (Phi) is 1500. The minimum atomic E-state index is -4.67. The van der Waals surface area contributed by atoms with E-state index in [1.54, 1.807) is 0 Å². The zero-order valence-electron chi connectivity index (χ0n) is 8.12. The van der Waals surface area contributed by atoms with Crippen molar-refractivity contribution in [2.45, 2.75) is 0 Å². The molecule has 0 unspecified atom stereocenters. The van der Waals surface area contributed by atoms with Crippen molar-refractivity contribution >= 4 is 85.9 Å². The van der Waals surface area contributed by atoms with Crippen LogP contribution in [-0.2, 0) is 10.4 Å². The van der Waals surface area contributed by atoms with Crippen LogP contribution in [0.25, 0.3) is 0 Å². The van der Waals surface area contributed by atoms with Gasteiger partial charge in [-0.25, -0.2) is 0 Å². The normalized spacial score (nSPS) is 3.05. The molecular weight excluding hydrogens is 401 g/mol. The van der Waals surface area contributed by atoms with Gasteiger partial charge in [0.1, 0.15) is 0 Å². The SMILES string of the molecule is O.O.O.O.O.O.O.O.O.O.O.O.O=S(=O)(O)O.[AlH3].[RbH]. The van der Waals surface area contributed by atoms with E-state index >= 15 is 0 Å². The van der Waals surface area contributed by atoms with E-state index in [9.17, 15) is 0 Å². The molecule has 0 aromatic carbocycles. The van der Waals surface area contributed by atoms with Gasteiger partial charge < -0.3 is 65.7 Å². The molecular formula is H30AlO16RbS. The Bertz CT molecular complexity index is 99.9. The van der Waals surface area contributed by atoms with Gasteiger partial charge in [-0.1, -0.05) is 0 Å². The Labute approximate surface area is 167 Å². The topological polar surface area (TPSA) is 453 Å². The van der Waals surface area contributed by atoms with Crippen LogP contribution >= 0.6 is 0 Å². The van der Waals surface area contributed by atoms with Gasteiger partial charge in [0.25, 0.3) is 0 Å². The van der Waals surface area contributed by atoms with Crippen LogP contribution < -0.4 is 0 Å². The molecule has 0 saturated heterocycles. The summed E-state index contributed by atoms with van der Waals surface area (Å²) in [7, 11) is -4.67. The zero-order valence-corrected chi connectivity index (χ0v) is 8.94. The van der Waals surface area contributed by atoms with Gasteiger partial charge in [-0.15, -0.1) is 0 Å². The predicted molar refractivity (Wildman–Crippen MR) is 74.6 cm³/mol. The quantitative estimate of drug-likeness (QED) is 0.278. The summed E-state index contributed by atoms with van der Waals surface area (Å²) >= 11 is 0. The molecule has 0 aromatic heterocycles. The van der Waals surface area contributed by atoms with Gasteiger partial charge in [0.2, 0.25) is 0 Å². The van der Waals surface area contributed by atoms with E-state index in [1.807, 2.05) is 0 Å². The van der Waals surface area contributed by atoms with Crippen LogP contribution in [0, 0.1) is 0 Å². The summed E-state index contributed by atoms with van der Waals surface area (Å²) in [5, 5.41) is 0. The predicted octanol–water partition coefficient (Wildman–Crippen LogP) is -12.4. The molecule has 136 valence electrons. The summed E-state index contributed by atoms with van der Waals surface area (Å²) in [6.45, 7) is 0. The fourth-order valence-electron chi connectivity index (χ4n) is 0. The standard InChI is InChI=1S/Al.H2O4S.12H2O.Rb.4H/c;1-5(2,3)4;;;;;;;;;;;;;;;;;/h;(H2,1,2,3,4);12*1H2;;;;;. The fraction of sp³-hybridized carbons (Fsp3) is 0. The fourth-order valence-corrected chi connectivity index (χ4v) is 0. The Balaban J connectivity index is -0.000000000879. The third-order valence-corrected chi connectivity index (χ3v) is 0. The Morgan fingerprint density at radius 3 is 0.474 bits per heavy atom. The molecule has 0 radical (unpaired) electrons. The summed E-state index contributed by atoms with van der Waals surface area (Å²) in [6, 6.07) is 0. The maximum atomic E-state index is 8.74. The van der Waals surface area contributed by atoms with Gasteiger partial charge in [-0.05, 0) is 0 Å². The van der Waals surface area contributed by atoms with E-state index in [2.05, 4.69) is 0 Å². The summed E-state index contributed by atoms with van der Waals surface area (Å²) in [5.41, 5.74) is 0. The van der Waals surface area contributed by atoms with E-state index in [1.165, 1.54) is 0 Å². The van der Waals surface area contributed by atoms with Gasteiger partial charge in [0, 0.05) is 0 Å². The maximum absolute atomic E-state index is 8.74. The first-order valence-corrected chi connectivity index (χ1v) is 2.10. The molecule has 16 nitrogen and oxygen atoms in total. The van der Waals surface area contributed by atoms with Crippen LogP contribution in [0.2, 0.25) is 0 Å². The first kappa shape index (κ1) is 246. The van der Waals surface area contributed by atoms with Gasteiger partial charge >= 0.3 is 68.6 Å². The van der Waals surface area contributed by atoms with Crippen LogP contribution in [0.3, 0.4) is 0 Å². The Morgan fingerprint density at radius 1 is 0.474 bits per heavy atom. The van der Waals surface area contributed by atoms with E-state index in [4.69, 9.17) is 17.5 Å². The minimum absolute atomic E-state index is 0. The van der Waals surface area contributed by atoms with E-state index in [0.29, 0.717) is 0 Å². The van der Waals surface area contributed by atoms with Crippen molar-refractivity contribution in [2.75, 3.05) is 0 Å². The van der Waals surface area contributed by atoms with Crippen LogP contribution in [-0.4, -0.2) is 159 Å². The van der Waals surface area contributed by atoms with Crippen molar-refractivity contribution in [2.24, 2.45) is 0 Å². The second-order valence-corrected chi connectivity index (χ2v) is 1.34. The van der Waals surface area contributed by atoms with Crippen LogP contribution in [0.5, 0.6) is 0 Å². The average Bonchev–Trinajstić information content (AvgIpc) is 0.722. The third-order valence-electron chi connectivity index (χ3n) is 0. The molecule has 0 heterocycles.